The fourth-order valence-corrected chi connectivity index (χ4v) is 2.09. The van der Waals surface area contributed by atoms with Crippen molar-refractivity contribution in [1.82, 2.24) is 10.6 Å². The third-order valence-electron chi connectivity index (χ3n) is 3.39. The van der Waals surface area contributed by atoms with Crippen molar-refractivity contribution in [2.24, 2.45) is 0 Å². The molecule has 0 spiro atoms. The van der Waals surface area contributed by atoms with E-state index >= 15 is 0 Å². The SMILES string of the molecule is CC(CNC(=O)NCC(O)c1ccco1)c1ccc(F)cc1F. The highest BCUT2D eigenvalue weighted by atomic mass is 19.1. The highest BCUT2D eigenvalue weighted by molar-refractivity contribution is 5.73. The number of benzene rings is 1. The number of carbonyl (C=O) groups is 1. The second-order valence-electron chi connectivity index (χ2n) is 5.19. The summed E-state index contributed by atoms with van der Waals surface area (Å²) >= 11 is 0. The summed E-state index contributed by atoms with van der Waals surface area (Å²) in [6.45, 7) is 1.87. The van der Waals surface area contributed by atoms with E-state index in [1.54, 1.807) is 19.1 Å². The molecular formula is C16H18F2N2O3. The first-order valence-electron chi connectivity index (χ1n) is 7.15. The van der Waals surface area contributed by atoms with Crippen LogP contribution in [0.4, 0.5) is 13.6 Å². The molecular weight excluding hydrogens is 306 g/mol. The lowest BCUT2D eigenvalue weighted by Gasteiger charge is -2.15. The van der Waals surface area contributed by atoms with Crippen molar-refractivity contribution < 1.29 is 23.1 Å². The number of aliphatic hydroxyl groups is 1. The van der Waals surface area contributed by atoms with Crippen molar-refractivity contribution in [2.45, 2.75) is 18.9 Å². The number of aliphatic hydroxyl groups excluding tert-OH is 1. The minimum Gasteiger partial charge on any atom is -0.467 e. The average Bonchev–Trinajstić information content (AvgIpc) is 3.04. The molecule has 0 saturated heterocycles. The van der Waals surface area contributed by atoms with Crippen molar-refractivity contribution in [2.75, 3.05) is 13.1 Å². The first-order valence-corrected chi connectivity index (χ1v) is 7.15. The van der Waals surface area contributed by atoms with Crippen LogP contribution in [0.25, 0.3) is 0 Å². The molecule has 0 aliphatic rings. The van der Waals surface area contributed by atoms with Crippen LogP contribution in [0.2, 0.25) is 0 Å². The van der Waals surface area contributed by atoms with Crippen LogP contribution in [0.3, 0.4) is 0 Å². The van der Waals surface area contributed by atoms with Gasteiger partial charge in [-0.05, 0) is 23.8 Å². The molecule has 0 aliphatic heterocycles. The summed E-state index contributed by atoms with van der Waals surface area (Å²) in [5.74, 6) is -1.26. The van der Waals surface area contributed by atoms with E-state index in [-0.39, 0.29) is 19.0 Å². The van der Waals surface area contributed by atoms with Crippen LogP contribution < -0.4 is 10.6 Å². The summed E-state index contributed by atoms with van der Waals surface area (Å²) < 4.78 is 31.5. The Labute approximate surface area is 132 Å². The molecule has 23 heavy (non-hydrogen) atoms. The molecule has 5 nitrogen and oxygen atoms in total. The summed E-state index contributed by atoms with van der Waals surface area (Å²) in [5.41, 5.74) is 0.322. The van der Waals surface area contributed by atoms with Crippen LogP contribution in [-0.4, -0.2) is 24.2 Å². The van der Waals surface area contributed by atoms with Crippen LogP contribution in [0, 0.1) is 11.6 Å². The van der Waals surface area contributed by atoms with Crippen molar-refractivity contribution in [3.63, 3.8) is 0 Å². The largest absolute Gasteiger partial charge is 0.467 e. The molecule has 0 bridgehead atoms. The molecule has 1 aromatic heterocycles. The lowest BCUT2D eigenvalue weighted by molar-refractivity contribution is 0.148. The number of hydrogen-bond acceptors (Lipinski definition) is 3. The second-order valence-corrected chi connectivity index (χ2v) is 5.19. The Morgan fingerprint density at radius 1 is 1.26 bits per heavy atom. The van der Waals surface area contributed by atoms with Gasteiger partial charge in [0.05, 0.1) is 12.8 Å². The van der Waals surface area contributed by atoms with Crippen LogP contribution in [-0.2, 0) is 0 Å². The molecule has 1 heterocycles. The van der Waals surface area contributed by atoms with Crippen LogP contribution in [0.1, 0.15) is 30.3 Å². The third kappa shape index (κ3) is 4.79. The van der Waals surface area contributed by atoms with Gasteiger partial charge in [0.15, 0.2) is 0 Å². The molecule has 0 saturated carbocycles. The van der Waals surface area contributed by atoms with Crippen molar-refractivity contribution >= 4 is 6.03 Å². The summed E-state index contributed by atoms with van der Waals surface area (Å²) in [6, 6.07) is 6.09. The van der Waals surface area contributed by atoms with Gasteiger partial charge in [-0.3, -0.25) is 0 Å². The Kier molecular flexibility index (Phi) is 5.70. The topological polar surface area (TPSA) is 74.5 Å². The highest BCUT2D eigenvalue weighted by Crippen LogP contribution is 2.19. The van der Waals surface area contributed by atoms with Gasteiger partial charge in [0.25, 0.3) is 0 Å². The van der Waals surface area contributed by atoms with Crippen molar-refractivity contribution in [1.29, 1.82) is 0 Å². The van der Waals surface area contributed by atoms with Gasteiger partial charge in [0.1, 0.15) is 23.5 Å². The number of hydrogen-bond donors (Lipinski definition) is 3. The van der Waals surface area contributed by atoms with Gasteiger partial charge in [-0.25, -0.2) is 13.6 Å². The Hall–Kier alpha value is -2.41. The van der Waals surface area contributed by atoms with Crippen LogP contribution in [0.5, 0.6) is 0 Å². The predicted molar refractivity (Wildman–Crippen MR) is 79.8 cm³/mol. The maximum Gasteiger partial charge on any atom is 0.314 e. The monoisotopic (exact) mass is 324 g/mol. The number of halogens is 2. The Balaban J connectivity index is 1.77. The van der Waals surface area contributed by atoms with E-state index in [1.807, 2.05) is 0 Å². The van der Waals surface area contributed by atoms with E-state index in [9.17, 15) is 18.7 Å². The molecule has 0 radical (unpaired) electrons. The number of amides is 2. The van der Waals surface area contributed by atoms with Crippen LogP contribution >= 0.6 is 0 Å². The molecule has 7 heteroatoms. The number of urea groups is 1. The molecule has 2 amide bonds. The highest BCUT2D eigenvalue weighted by Gasteiger charge is 2.14. The van der Waals surface area contributed by atoms with Crippen molar-refractivity contribution in [3.05, 3.63) is 59.6 Å². The quantitative estimate of drug-likeness (QED) is 0.765. The number of furan rings is 1. The third-order valence-corrected chi connectivity index (χ3v) is 3.39. The summed E-state index contributed by atoms with van der Waals surface area (Å²) in [6.07, 6.45) is 0.486. The maximum atomic E-state index is 13.6. The first-order chi connectivity index (χ1) is 11.0. The minimum atomic E-state index is -0.942. The summed E-state index contributed by atoms with van der Waals surface area (Å²) in [5, 5.41) is 14.8. The molecule has 2 aromatic rings. The Bertz CT molecular complexity index is 647. The fourth-order valence-electron chi connectivity index (χ4n) is 2.09. The molecule has 2 unspecified atom stereocenters. The summed E-state index contributed by atoms with van der Waals surface area (Å²) in [4.78, 5) is 11.7. The normalized spacial score (nSPS) is 13.4. The number of nitrogens with one attached hydrogen (secondary N) is 2. The van der Waals surface area contributed by atoms with Gasteiger partial charge < -0.3 is 20.2 Å². The van der Waals surface area contributed by atoms with Gasteiger partial charge in [-0.15, -0.1) is 0 Å². The Morgan fingerprint density at radius 2 is 2.00 bits per heavy atom. The molecule has 3 N–H and O–H groups in total. The maximum absolute atomic E-state index is 13.6. The minimum absolute atomic E-state index is 0.0152. The van der Waals surface area contributed by atoms with E-state index in [0.717, 1.165) is 6.07 Å². The molecule has 2 atom stereocenters. The predicted octanol–water partition coefficient (Wildman–Crippen LogP) is 2.69. The van der Waals surface area contributed by atoms with Gasteiger partial charge >= 0.3 is 6.03 Å². The number of carbonyl (C=O) groups excluding carboxylic acids is 1. The zero-order chi connectivity index (χ0) is 16.8. The lowest BCUT2D eigenvalue weighted by Crippen LogP contribution is -2.39. The number of rotatable bonds is 6. The van der Waals surface area contributed by atoms with Gasteiger partial charge in [0.2, 0.25) is 0 Å². The van der Waals surface area contributed by atoms with Gasteiger partial charge in [-0.2, -0.15) is 0 Å². The molecule has 124 valence electrons. The zero-order valence-electron chi connectivity index (χ0n) is 12.6. The van der Waals surface area contributed by atoms with Crippen molar-refractivity contribution in [3.8, 4) is 0 Å². The smallest absolute Gasteiger partial charge is 0.314 e. The fraction of sp³-hybridized carbons (Fsp3) is 0.312. The summed E-state index contributed by atoms with van der Waals surface area (Å²) in [7, 11) is 0. The lowest BCUT2D eigenvalue weighted by atomic mass is 10.0. The van der Waals surface area contributed by atoms with Gasteiger partial charge in [0, 0.05) is 18.5 Å². The zero-order valence-corrected chi connectivity index (χ0v) is 12.6. The van der Waals surface area contributed by atoms with Gasteiger partial charge in [-0.1, -0.05) is 13.0 Å². The molecule has 2 rings (SSSR count). The first kappa shape index (κ1) is 17.0. The average molecular weight is 324 g/mol. The molecule has 1 aromatic carbocycles. The van der Waals surface area contributed by atoms with E-state index in [1.165, 1.54) is 18.4 Å². The van der Waals surface area contributed by atoms with E-state index < -0.39 is 23.8 Å². The Morgan fingerprint density at radius 3 is 2.65 bits per heavy atom. The van der Waals surface area contributed by atoms with E-state index in [0.29, 0.717) is 11.3 Å². The standard InChI is InChI=1S/C16H18F2N2O3/c1-10(12-5-4-11(17)7-13(12)18)8-19-16(22)20-9-14(21)15-3-2-6-23-15/h2-7,10,14,21H,8-9H2,1H3,(H2,19,20,22). The molecule has 0 aliphatic carbocycles. The van der Waals surface area contributed by atoms with E-state index in [4.69, 9.17) is 4.42 Å². The van der Waals surface area contributed by atoms with Crippen LogP contribution in [0.15, 0.2) is 41.0 Å². The second kappa shape index (κ2) is 7.73. The van der Waals surface area contributed by atoms with E-state index in [2.05, 4.69) is 10.6 Å². The molecule has 0 fully saturated rings.